The number of ether oxygens (including phenoxy) is 2. The van der Waals surface area contributed by atoms with Crippen molar-refractivity contribution < 1.29 is 44.9 Å². The van der Waals surface area contributed by atoms with Crippen LogP contribution in [0.15, 0.2) is 12.2 Å². The van der Waals surface area contributed by atoms with Crippen LogP contribution in [0.4, 0.5) is 0 Å². The van der Waals surface area contributed by atoms with E-state index in [4.69, 9.17) is 9.47 Å². The second-order valence-electron chi connectivity index (χ2n) is 16.6. The zero-order chi connectivity index (χ0) is 40.5. The van der Waals surface area contributed by atoms with Crippen molar-refractivity contribution in [2.45, 2.75) is 250 Å². The zero-order valence-corrected chi connectivity index (χ0v) is 35.5. The molecule has 1 aliphatic rings. The Kier molecular flexibility index (Phi) is 32.9. The number of aliphatic hydroxyl groups is 6. The molecule has 0 bridgehead atoms. The lowest BCUT2D eigenvalue weighted by Gasteiger charge is -2.40. The standard InChI is InChI=1S/C45H87NO9/c1-4-6-7-8-9-10-11-12-13-14-15-16-17-18-19-24-27-30-33-39(49)44(53)46-37(35-54-45-43(52)42(51)41(50)40(34-47)55-45)38(48)32-29-26-23-21-20-22-25-28-31-36(3)5-2/h29,32,36-43,45,47-52H,4-28,30-31,33-35H2,1-3H3,(H,46,53)/b32-29+/t36-,37-,38+,39+,40+,41+,42-,43+,45+/m0/s1. The van der Waals surface area contributed by atoms with E-state index in [1.54, 1.807) is 6.08 Å². The second-order valence-corrected chi connectivity index (χ2v) is 16.6. The summed E-state index contributed by atoms with van der Waals surface area (Å²) in [6, 6.07) is -0.975. The van der Waals surface area contributed by atoms with Gasteiger partial charge >= 0.3 is 0 Å². The third-order valence-corrected chi connectivity index (χ3v) is 11.5. The predicted molar refractivity (Wildman–Crippen MR) is 223 cm³/mol. The molecule has 0 aliphatic carbocycles. The maximum atomic E-state index is 13.0. The zero-order valence-electron chi connectivity index (χ0n) is 35.5. The number of rotatable bonds is 37. The summed E-state index contributed by atoms with van der Waals surface area (Å²) in [5.74, 6) is 0.185. The van der Waals surface area contributed by atoms with Gasteiger partial charge in [0.2, 0.25) is 5.91 Å². The van der Waals surface area contributed by atoms with Gasteiger partial charge in [0.1, 0.15) is 30.5 Å². The average Bonchev–Trinajstić information content (AvgIpc) is 3.18. The SMILES string of the molecule is CCCCCCCCCCCCCCCCCCCC[C@@H](O)C(=O)N[C@@H](CO[C@@H]1O[C@H](CO)[C@@H](O)[C@H](O)[C@H]1O)[C@H](O)/C=C/CCCCCCCC[C@@H](C)CC. The summed E-state index contributed by atoms with van der Waals surface area (Å²) in [7, 11) is 0. The predicted octanol–water partition coefficient (Wildman–Crippen LogP) is 8.16. The van der Waals surface area contributed by atoms with Gasteiger partial charge in [0, 0.05) is 0 Å². The lowest BCUT2D eigenvalue weighted by atomic mass is 9.99. The van der Waals surface area contributed by atoms with Gasteiger partial charge in [-0.1, -0.05) is 193 Å². The van der Waals surface area contributed by atoms with Crippen molar-refractivity contribution in [3.05, 3.63) is 12.2 Å². The summed E-state index contributed by atoms with van der Waals surface area (Å²) >= 11 is 0. The quantitative estimate of drug-likeness (QED) is 0.0243. The van der Waals surface area contributed by atoms with Crippen LogP contribution in [0.2, 0.25) is 0 Å². The fourth-order valence-electron chi connectivity index (χ4n) is 7.31. The average molecular weight is 786 g/mol. The van der Waals surface area contributed by atoms with E-state index in [0.29, 0.717) is 6.42 Å². The fraction of sp³-hybridized carbons (Fsp3) is 0.933. The van der Waals surface area contributed by atoms with E-state index in [1.807, 2.05) is 6.08 Å². The van der Waals surface area contributed by atoms with E-state index in [1.165, 1.54) is 128 Å². The van der Waals surface area contributed by atoms with Gasteiger partial charge in [0.05, 0.1) is 25.4 Å². The molecule has 1 rings (SSSR count). The van der Waals surface area contributed by atoms with Crippen molar-refractivity contribution in [3.8, 4) is 0 Å². The highest BCUT2D eigenvalue weighted by Crippen LogP contribution is 2.23. The smallest absolute Gasteiger partial charge is 0.249 e. The molecule has 1 aliphatic heterocycles. The fourth-order valence-corrected chi connectivity index (χ4v) is 7.31. The topological polar surface area (TPSA) is 169 Å². The Morgan fingerprint density at radius 3 is 1.64 bits per heavy atom. The second kappa shape index (κ2) is 34.9. The molecule has 55 heavy (non-hydrogen) atoms. The maximum absolute atomic E-state index is 13.0. The minimum Gasteiger partial charge on any atom is -0.394 e. The van der Waals surface area contributed by atoms with Crippen LogP contribution in [-0.4, -0.2) is 98.7 Å². The molecular formula is C45H87NO9. The Morgan fingerprint density at radius 2 is 1.15 bits per heavy atom. The molecule has 1 heterocycles. The summed E-state index contributed by atoms with van der Waals surface area (Å²) in [6.07, 6.45) is 27.3. The molecule has 10 nitrogen and oxygen atoms in total. The van der Waals surface area contributed by atoms with Crippen LogP contribution < -0.4 is 5.32 Å². The van der Waals surface area contributed by atoms with Crippen LogP contribution in [0.25, 0.3) is 0 Å². The molecular weight excluding hydrogens is 698 g/mol. The van der Waals surface area contributed by atoms with Crippen LogP contribution in [-0.2, 0) is 14.3 Å². The lowest BCUT2D eigenvalue weighted by Crippen LogP contribution is -2.60. The van der Waals surface area contributed by atoms with Gasteiger partial charge in [0.25, 0.3) is 0 Å². The minimum atomic E-state index is -1.61. The number of aliphatic hydroxyl groups excluding tert-OH is 6. The monoisotopic (exact) mass is 786 g/mol. The first kappa shape index (κ1) is 51.9. The van der Waals surface area contributed by atoms with Crippen LogP contribution in [0, 0.1) is 5.92 Å². The molecule has 0 spiro atoms. The molecule has 1 fully saturated rings. The molecule has 0 saturated carbocycles. The molecule has 7 N–H and O–H groups in total. The number of allylic oxidation sites excluding steroid dienone is 1. The third kappa shape index (κ3) is 25.8. The number of hydrogen-bond donors (Lipinski definition) is 7. The molecule has 9 atom stereocenters. The Balaban J connectivity index is 2.39. The Labute approximate surface area is 336 Å². The molecule has 10 heteroatoms. The Hall–Kier alpha value is -1.11. The molecule has 0 aromatic rings. The highest BCUT2D eigenvalue weighted by atomic mass is 16.7. The molecule has 0 aromatic carbocycles. The number of carbonyl (C=O) groups is 1. The molecule has 0 unspecified atom stereocenters. The molecule has 1 amide bonds. The highest BCUT2D eigenvalue weighted by molar-refractivity contribution is 5.80. The van der Waals surface area contributed by atoms with Crippen LogP contribution in [0.1, 0.15) is 201 Å². The van der Waals surface area contributed by atoms with Gasteiger partial charge in [-0.05, 0) is 25.2 Å². The van der Waals surface area contributed by atoms with Crippen molar-refractivity contribution in [1.29, 1.82) is 0 Å². The van der Waals surface area contributed by atoms with Crippen LogP contribution >= 0.6 is 0 Å². The lowest BCUT2D eigenvalue weighted by molar-refractivity contribution is -0.302. The molecule has 0 radical (unpaired) electrons. The van der Waals surface area contributed by atoms with Crippen molar-refractivity contribution in [2.75, 3.05) is 13.2 Å². The van der Waals surface area contributed by atoms with E-state index in [-0.39, 0.29) is 6.61 Å². The number of nitrogens with one attached hydrogen (secondary N) is 1. The van der Waals surface area contributed by atoms with Gasteiger partial charge in [0.15, 0.2) is 6.29 Å². The maximum Gasteiger partial charge on any atom is 0.249 e. The van der Waals surface area contributed by atoms with Crippen molar-refractivity contribution in [1.82, 2.24) is 5.32 Å². The van der Waals surface area contributed by atoms with Crippen molar-refractivity contribution in [2.24, 2.45) is 5.92 Å². The van der Waals surface area contributed by atoms with E-state index in [0.717, 1.165) is 50.9 Å². The first-order valence-corrected chi connectivity index (χ1v) is 22.9. The number of hydrogen-bond acceptors (Lipinski definition) is 9. The van der Waals surface area contributed by atoms with E-state index in [9.17, 15) is 35.4 Å². The van der Waals surface area contributed by atoms with E-state index >= 15 is 0 Å². The van der Waals surface area contributed by atoms with Gasteiger partial charge in [-0.15, -0.1) is 0 Å². The van der Waals surface area contributed by atoms with Gasteiger partial charge in [-0.25, -0.2) is 0 Å². The molecule has 326 valence electrons. The first-order chi connectivity index (χ1) is 26.7. The summed E-state index contributed by atoms with van der Waals surface area (Å²) in [5, 5.41) is 64.6. The molecule has 0 aromatic heterocycles. The van der Waals surface area contributed by atoms with Crippen LogP contribution in [0.3, 0.4) is 0 Å². The normalized spacial score (nSPS) is 22.5. The highest BCUT2D eigenvalue weighted by Gasteiger charge is 2.44. The summed E-state index contributed by atoms with van der Waals surface area (Å²) in [6.45, 7) is 5.92. The molecule has 1 saturated heterocycles. The Morgan fingerprint density at radius 1 is 0.673 bits per heavy atom. The summed E-state index contributed by atoms with van der Waals surface area (Å²) in [5.41, 5.74) is 0. The summed E-state index contributed by atoms with van der Waals surface area (Å²) < 4.78 is 11.1. The van der Waals surface area contributed by atoms with Gasteiger partial charge in [-0.3, -0.25) is 4.79 Å². The third-order valence-electron chi connectivity index (χ3n) is 11.5. The first-order valence-electron chi connectivity index (χ1n) is 22.9. The largest absolute Gasteiger partial charge is 0.394 e. The Bertz CT molecular complexity index is 906. The number of unbranched alkanes of at least 4 members (excludes halogenated alkanes) is 23. The van der Waals surface area contributed by atoms with Crippen molar-refractivity contribution >= 4 is 5.91 Å². The van der Waals surface area contributed by atoms with Crippen molar-refractivity contribution in [3.63, 3.8) is 0 Å². The van der Waals surface area contributed by atoms with Gasteiger partial charge in [-0.2, -0.15) is 0 Å². The minimum absolute atomic E-state index is 0.303. The summed E-state index contributed by atoms with van der Waals surface area (Å²) in [4.78, 5) is 13.0. The number of carbonyl (C=O) groups excluding carboxylic acids is 1. The van der Waals surface area contributed by atoms with Crippen LogP contribution in [0.5, 0.6) is 0 Å². The van der Waals surface area contributed by atoms with Gasteiger partial charge < -0.3 is 45.4 Å². The van der Waals surface area contributed by atoms with E-state index < -0.39 is 61.5 Å². The number of amides is 1. The van der Waals surface area contributed by atoms with E-state index in [2.05, 4.69) is 26.1 Å².